The fourth-order valence-corrected chi connectivity index (χ4v) is 5.92. The van der Waals surface area contributed by atoms with E-state index in [0.717, 1.165) is 5.56 Å². The van der Waals surface area contributed by atoms with E-state index in [0.29, 0.717) is 33.9 Å². The number of nitrogens with zero attached hydrogens (tertiary/aromatic N) is 1. The van der Waals surface area contributed by atoms with Crippen LogP contribution in [0.1, 0.15) is 26.9 Å². The zero-order valence-electron chi connectivity index (χ0n) is 21.0. The predicted molar refractivity (Wildman–Crippen MR) is 143 cm³/mol. The molecular formula is C28H25N3O7S. The van der Waals surface area contributed by atoms with Crippen molar-refractivity contribution in [1.29, 1.82) is 0 Å². The molecule has 11 heteroatoms. The zero-order chi connectivity index (χ0) is 27.6. The number of anilines is 1. The first-order chi connectivity index (χ1) is 18.8. The number of hydrogen-bond donors (Lipinski definition) is 3. The molecule has 0 fully saturated rings. The van der Waals surface area contributed by atoms with Gasteiger partial charge in [0, 0.05) is 18.0 Å². The molecule has 1 aromatic heterocycles. The van der Waals surface area contributed by atoms with E-state index in [4.69, 9.17) is 14.2 Å². The van der Waals surface area contributed by atoms with Crippen LogP contribution in [0.25, 0.3) is 11.1 Å². The van der Waals surface area contributed by atoms with Gasteiger partial charge in [0.05, 0.1) is 23.3 Å². The molecule has 1 aliphatic rings. The number of carbonyl (C=O) groups is 1. The molecule has 39 heavy (non-hydrogen) atoms. The molecule has 1 aliphatic heterocycles. The summed E-state index contributed by atoms with van der Waals surface area (Å²) in [5.74, 6) is 0.888. The number of nitrogens with one attached hydrogen (secondary N) is 2. The summed E-state index contributed by atoms with van der Waals surface area (Å²) in [5, 5.41) is 11.3. The van der Waals surface area contributed by atoms with Gasteiger partial charge in [-0.3, -0.25) is 15.0 Å². The minimum atomic E-state index is -4.04. The third kappa shape index (κ3) is 5.09. The van der Waals surface area contributed by atoms with Gasteiger partial charge >= 0.3 is 0 Å². The van der Waals surface area contributed by atoms with Crippen molar-refractivity contribution < 1.29 is 32.6 Å². The average molecular weight is 548 g/mol. The van der Waals surface area contributed by atoms with E-state index in [1.807, 2.05) is 12.1 Å². The number of benzene rings is 3. The molecule has 10 nitrogen and oxygen atoms in total. The first-order valence-corrected chi connectivity index (χ1v) is 13.4. The third-order valence-electron chi connectivity index (χ3n) is 6.35. The van der Waals surface area contributed by atoms with Crippen molar-refractivity contribution >= 4 is 21.4 Å². The Morgan fingerprint density at radius 1 is 1.03 bits per heavy atom. The molecule has 1 atom stereocenters. The molecule has 0 spiro atoms. The minimum Gasteiger partial charge on any atom is -0.497 e. The Hall–Kier alpha value is -4.61. The Morgan fingerprint density at radius 3 is 2.49 bits per heavy atom. The standard InChI is InChI=1S/C28H25N3O7S/c1-17-12-20(18-5-10-24-25(14-18)38-16-37-24)13-23(27(32)31-33)26(17)30-28(19-4-3-11-29-15-19)39(34,35)22-8-6-21(36-2)7-9-22/h3-15,28,30,33H,16H2,1-2H3,(H,31,32). The molecule has 5 rings (SSSR count). The van der Waals surface area contributed by atoms with E-state index in [1.165, 1.54) is 31.6 Å². The number of fused-ring (bicyclic) bond motifs is 1. The molecule has 0 bridgehead atoms. The average Bonchev–Trinajstić information content (AvgIpc) is 3.44. The van der Waals surface area contributed by atoms with Gasteiger partial charge < -0.3 is 19.5 Å². The summed E-state index contributed by atoms with van der Waals surface area (Å²) < 4.78 is 43.8. The van der Waals surface area contributed by atoms with Crippen molar-refractivity contribution in [3.63, 3.8) is 0 Å². The highest BCUT2D eigenvalue weighted by molar-refractivity contribution is 7.91. The number of ether oxygens (including phenoxy) is 3. The van der Waals surface area contributed by atoms with Crippen molar-refractivity contribution in [3.05, 3.63) is 95.8 Å². The molecule has 3 N–H and O–H groups in total. The quantitative estimate of drug-likeness (QED) is 0.215. The van der Waals surface area contributed by atoms with E-state index in [1.54, 1.807) is 54.9 Å². The molecule has 1 amide bonds. The molecule has 1 unspecified atom stereocenters. The summed E-state index contributed by atoms with van der Waals surface area (Å²) in [5.41, 5.74) is 4.28. The molecular weight excluding hydrogens is 522 g/mol. The Balaban J connectivity index is 1.61. The Bertz CT molecular complexity index is 1630. The number of pyridine rings is 1. The van der Waals surface area contributed by atoms with Gasteiger partial charge in [0.15, 0.2) is 16.9 Å². The zero-order valence-corrected chi connectivity index (χ0v) is 21.9. The predicted octanol–water partition coefficient (Wildman–Crippen LogP) is 4.50. The summed E-state index contributed by atoms with van der Waals surface area (Å²) in [6, 6.07) is 18.1. The number of rotatable bonds is 8. The van der Waals surface area contributed by atoms with E-state index < -0.39 is 21.1 Å². The van der Waals surface area contributed by atoms with Gasteiger partial charge in [0.1, 0.15) is 5.75 Å². The summed E-state index contributed by atoms with van der Waals surface area (Å²) in [4.78, 5) is 17.0. The molecule has 4 aromatic rings. The number of aromatic nitrogens is 1. The maximum absolute atomic E-state index is 13.9. The normalized spacial score (nSPS) is 13.0. The van der Waals surface area contributed by atoms with E-state index in [9.17, 15) is 18.4 Å². The van der Waals surface area contributed by atoms with Gasteiger partial charge in [-0.05, 0) is 78.2 Å². The van der Waals surface area contributed by atoms with Crippen molar-refractivity contribution in [2.75, 3.05) is 19.2 Å². The van der Waals surface area contributed by atoms with Gasteiger partial charge in [-0.2, -0.15) is 0 Å². The summed E-state index contributed by atoms with van der Waals surface area (Å²) in [6.07, 6.45) is 2.98. The van der Waals surface area contributed by atoms with Crippen LogP contribution in [-0.2, 0) is 9.84 Å². The second kappa shape index (κ2) is 10.6. The Kier molecular flexibility index (Phi) is 7.09. The van der Waals surface area contributed by atoms with E-state index in [-0.39, 0.29) is 22.9 Å². The van der Waals surface area contributed by atoms with Crippen LogP contribution in [0, 0.1) is 6.92 Å². The number of hydroxylamine groups is 1. The van der Waals surface area contributed by atoms with E-state index >= 15 is 0 Å². The van der Waals surface area contributed by atoms with Crippen LogP contribution in [0.3, 0.4) is 0 Å². The van der Waals surface area contributed by atoms with Crippen LogP contribution in [-0.4, -0.2) is 38.4 Å². The fourth-order valence-electron chi connectivity index (χ4n) is 4.36. The summed E-state index contributed by atoms with van der Waals surface area (Å²) >= 11 is 0. The molecule has 0 saturated carbocycles. The maximum Gasteiger partial charge on any atom is 0.276 e. The smallest absolute Gasteiger partial charge is 0.276 e. The number of carbonyl (C=O) groups excluding carboxylic acids is 1. The van der Waals surface area contributed by atoms with Gasteiger partial charge in [-0.15, -0.1) is 0 Å². The Morgan fingerprint density at radius 2 is 1.79 bits per heavy atom. The lowest BCUT2D eigenvalue weighted by molar-refractivity contribution is 0.0707. The maximum atomic E-state index is 13.9. The van der Waals surface area contributed by atoms with Crippen molar-refractivity contribution in [3.8, 4) is 28.4 Å². The van der Waals surface area contributed by atoms with Gasteiger partial charge in [0.2, 0.25) is 16.6 Å². The van der Waals surface area contributed by atoms with Gasteiger partial charge in [-0.25, -0.2) is 13.9 Å². The van der Waals surface area contributed by atoms with Crippen molar-refractivity contribution in [2.24, 2.45) is 0 Å². The number of aryl methyl sites for hydroxylation is 1. The molecule has 3 aromatic carbocycles. The molecule has 200 valence electrons. The lowest BCUT2D eigenvalue weighted by atomic mass is 9.97. The van der Waals surface area contributed by atoms with Gasteiger partial charge in [-0.1, -0.05) is 12.1 Å². The highest BCUT2D eigenvalue weighted by Gasteiger charge is 2.31. The van der Waals surface area contributed by atoms with Crippen LogP contribution in [0.4, 0.5) is 5.69 Å². The third-order valence-corrected chi connectivity index (χ3v) is 8.29. The van der Waals surface area contributed by atoms with Crippen LogP contribution in [0.2, 0.25) is 0 Å². The second-order valence-corrected chi connectivity index (χ2v) is 10.8. The minimum absolute atomic E-state index is 0.0454. The van der Waals surface area contributed by atoms with Crippen LogP contribution >= 0.6 is 0 Å². The number of methoxy groups -OCH3 is 1. The van der Waals surface area contributed by atoms with E-state index in [2.05, 4.69) is 10.3 Å². The summed E-state index contributed by atoms with van der Waals surface area (Å²) in [6.45, 7) is 1.87. The molecule has 0 saturated heterocycles. The fraction of sp³-hybridized carbons (Fsp3) is 0.143. The number of hydrogen-bond acceptors (Lipinski definition) is 9. The van der Waals surface area contributed by atoms with Crippen molar-refractivity contribution in [1.82, 2.24) is 10.5 Å². The van der Waals surface area contributed by atoms with Crippen LogP contribution in [0.5, 0.6) is 17.2 Å². The van der Waals surface area contributed by atoms with Gasteiger partial charge in [0.25, 0.3) is 5.91 Å². The SMILES string of the molecule is COc1ccc(S(=O)(=O)C(Nc2c(C)cc(-c3ccc4c(c3)OCO4)cc2C(=O)NO)c2cccnc2)cc1. The lowest BCUT2D eigenvalue weighted by Gasteiger charge is -2.24. The molecule has 0 aliphatic carbocycles. The topological polar surface area (TPSA) is 136 Å². The highest BCUT2D eigenvalue weighted by atomic mass is 32.2. The monoisotopic (exact) mass is 547 g/mol. The highest BCUT2D eigenvalue weighted by Crippen LogP contribution is 2.39. The first kappa shape index (κ1) is 26.0. The van der Waals surface area contributed by atoms with Crippen LogP contribution < -0.4 is 25.0 Å². The van der Waals surface area contributed by atoms with Crippen LogP contribution in [0.15, 0.2) is 84.0 Å². The lowest BCUT2D eigenvalue weighted by Crippen LogP contribution is -2.26. The number of sulfone groups is 1. The number of amides is 1. The largest absolute Gasteiger partial charge is 0.497 e. The molecule has 0 radical (unpaired) electrons. The Labute approximate surface area is 225 Å². The summed E-state index contributed by atoms with van der Waals surface area (Å²) in [7, 11) is -2.55. The second-order valence-electron chi connectivity index (χ2n) is 8.76. The first-order valence-electron chi connectivity index (χ1n) is 11.9. The molecule has 2 heterocycles. The van der Waals surface area contributed by atoms with Crippen molar-refractivity contribution in [2.45, 2.75) is 17.2 Å².